The van der Waals surface area contributed by atoms with Gasteiger partial charge in [0.05, 0.1) is 12.5 Å². The van der Waals surface area contributed by atoms with E-state index < -0.39 is 12.1 Å². The van der Waals surface area contributed by atoms with Crippen LogP contribution < -0.4 is 11.1 Å². The van der Waals surface area contributed by atoms with Crippen LogP contribution in [0.4, 0.5) is 24.5 Å². The van der Waals surface area contributed by atoms with E-state index in [0.29, 0.717) is 24.3 Å². The minimum atomic E-state index is -4.19. The smallest absolute Gasteiger partial charge is 0.393 e. The van der Waals surface area contributed by atoms with Crippen molar-refractivity contribution in [2.24, 2.45) is 5.92 Å². The number of amides is 1. The molecule has 116 valence electrons. The van der Waals surface area contributed by atoms with E-state index in [-0.39, 0.29) is 25.4 Å². The average Bonchev–Trinajstić information content (AvgIpc) is 2.37. The number of anilines is 2. The molecular formula is C14H18F3N3O. The van der Waals surface area contributed by atoms with Crippen LogP contribution in [-0.4, -0.2) is 36.6 Å². The van der Waals surface area contributed by atoms with Crippen LogP contribution in [-0.2, 0) is 4.79 Å². The zero-order valence-corrected chi connectivity index (χ0v) is 11.5. The van der Waals surface area contributed by atoms with Crippen LogP contribution in [0.25, 0.3) is 0 Å². The summed E-state index contributed by atoms with van der Waals surface area (Å²) in [6.07, 6.45) is -3.60. The molecule has 1 aliphatic rings. The molecule has 0 bridgehead atoms. The van der Waals surface area contributed by atoms with Gasteiger partial charge in [0, 0.05) is 17.9 Å². The highest BCUT2D eigenvalue weighted by Gasteiger charge is 2.41. The summed E-state index contributed by atoms with van der Waals surface area (Å²) in [7, 11) is 0. The maximum Gasteiger partial charge on any atom is 0.393 e. The summed E-state index contributed by atoms with van der Waals surface area (Å²) in [6, 6.07) is 6.68. The predicted molar refractivity (Wildman–Crippen MR) is 74.7 cm³/mol. The van der Waals surface area contributed by atoms with Gasteiger partial charge in [-0.3, -0.25) is 9.69 Å². The summed E-state index contributed by atoms with van der Waals surface area (Å²) in [5.74, 6) is -1.67. The second-order valence-electron chi connectivity index (χ2n) is 5.29. The van der Waals surface area contributed by atoms with Gasteiger partial charge in [-0.25, -0.2) is 0 Å². The summed E-state index contributed by atoms with van der Waals surface area (Å²) < 4.78 is 38.1. The van der Waals surface area contributed by atoms with Gasteiger partial charge in [-0.1, -0.05) is 6.07 Å². The van der Waals surface area contributed by atoms with Crippen molar-refractivity contribution in [3.63, 3.8) is 0 Å². The SMILES string of the molecule is Nc1cccc(NC(=O)CN2CCCC(C(F)(F)F)C2)c1. The first-order valence-corrected chi connectivity index (χ1v) is 6.79. The number of rotatable bonds is 3. The van der Waals surface area contributed by atoms with E-state index in [2.05, 4.69) is 5.32 Å². The molecule has 1 saturated heterocycles. The third kappa shape index (κ3) is 4.63. The number of carbonyl (C=O) groups is 1. The van der Waals surface area contributed by atoms with Crippen LogP contribution in [0.15, 0.2) is 24.3 Å². The van der Waals surface area contributed by atoms with Crippen molar-refractivity contribution in [2.75, 3.05) is 30.7 Å². The first kappa shape index (κ1) is 15.6. The first-order chi connectivity index (χ1) is 9.84. The number of piperidine rings is 1. The van der Waals surface area contributed by atoms with E-state index in [9.17, 15) is 18.0 Å². The second-order valence-corrected chi connectivity index (χ2v) is 5.29. The van der Waals surface area contributed by atoms with Gasteiger partial charge in [-0.05, 0) is 37.6 Å². The number of likely N-dealkylation sites (tertiary alicyclic amines) is 1. The van der Waals surface area contributed by atoms with Crippen molar-refractivity contribution in [1.29, 1.82) is 0 Å². The Kier molecular flexibility index (Phi) is 4.72. The number of halogens is 3. The number of nitrogen functional groups attached to an aromatic ring is 1. The summed E-state index contributed by atoms with van der Waals surface area (Å²) in [5, 5.41) is 2.64. The molecule has 0 aromatic heterocycles. The minimum absolute atomic E-state index is 0.0403. The summed E-state index contributed by atoms with van der Waals surface area (Å²) in [5.41, 5.74) is 6.66. The van der Waals surface area contributed by atoms with Crippen molar-refractivity contribution in [3.05, 3.63) is 24.3 Å². The van der Waals surface area contributed by atoms with E-state index >= 15 is 0 Å². The number of carbonyl (C=O) groups excluding carboxylic acids is 1. The highest BCUT2D eigenvalue weighted by Crippen LogP contribution is 2.32. The molecule has 1 aromatic carbocycles. The van der Waals surface area contributed by atoms with Crippen molar-refractivity contribution < 1.29 is 18.0 Å². The quantitative estimate of drug-likeness (QED) is 0.843. The molecule has 0 spiro atoms. The maximum atomic E-state index is 12.7. The monoisotopic (exact) mass is 301 g/mol. The van der Waals surface area contributed by atoms with Crippen molar-refractivity contribution >= 4 is 17.3 Å². The molecule has 1 aliphatic heterocycles. The number of nitrogens with one attached hydrogen (secondary N) is 1. The molecule has 2 rings (SSSR count). The Morgan fingerprint density at radius 2 is 2.19 bits per heavy atom. The Labute approximate surface area is 121 Å². The second kappa shape index (κ2) is 6.34. The zero-order valence-electron chi connectivity index (χ0n) is 11.5. The number of nitrogens with two attached hydrogens (primary N) is 1. The molecule has 1 atom stereocenters. The largest absolute Gasteiger partial charge is 0.399 e. The third-order valence-electron chi connectivity index (χ3n) is 3.51. The Hall–Kier alpha value is -1.76. The fourth-order valence-electron chi connectivity index (χ4n) is 2.49. The molecule has 0 radical (unpaired) electrons. The van der Waals surface area contributed by atoms with Crippen molar-refractivity contribution in [1.82, 2.24) is 4.90 Å². The van der Waals surface area contributed by atoms with E-state index in [1.54, 1.807) is 29.2 Å². The number of hydrogen-bond donors (Lipinski definition) is 2. The zero-order chi connectivity index (χ0) is 15.5. The summed E-state index contributed by atoms with van der Waals surface area (Å²) >= 11 is 0. The van der Waals surface area contributed by atoms with Crippen LogP contribution in [0, 0.1) is 5.92 Å². The van der Waals surface area contributed by atoms with E-state index in [1.807, 2.05) is 0 Å². The van der Waals surface area contributed by atoms with Gasteiger partial charge in [-0.2, -0.15) is 13.2 Å². The summed E-state index contributed by atoms with van der Waals surface area (Å²) in [6.45, 7) is 0.353. The molecule has 0 aliphatic carbocycles. The fraction of sp³-hybridized carbons (Fsp3) is 0.500. The molecule has 1 aromatic rings. The normalized spacial score (nSPS) is 20.2. The lowest BCUT2D eigenvalue weighted by Gasteiger charge is -2.33. The number of hydrogen-bond acceptors (Lipinski definition) is 3. The van der Waals surface area contributed by atoms with Gasteiger partial charge in [0.2, 0.25) is 5.91 Å². The topological polar surface area (TPSA) is 58.4 Å². The van der Waals surface area contributed by atoms with Crippen LogP contribution >= 0.6 is 0 Å². The van der Waals surface area contributed by atoms with E-state index in [1.165, 1.54) is 0 Å². The first-order valence-electron chi connectivity index (χ1n) is 6.79. The Morgan fingerprint density at radius 1 is 1.43 bits per heavy atom. The molecule has 21 heavy (non-hydrogen) atoms. The van der Waals surface area contributed by atoms with E-state index in [0.717, 1.165) is 0 Å². The van der Waals surface area contributed by atoms with Crippen LogP contribution in [0.2, 0.25) is 0 Å². The minimum Gasteiger partial charge on any atom is -0.399 e. The Morgan fingerprint density at radius 3 is 2.86 bits per heavy atom. The standard InChI is InChI=1S/C14H18F3N3O/c15-14(16,17)10-3-2-6-20(8-10)9-13(21)19-12-5-1-4-11(18)7-12/h1,4-5,7,10H,2-3,6,8-9,18H2,(H,19,21). The predicted octanol–water partition coefficient (Wildman–Crippen LogP) is 2.48. The molecule has 4 nitrogen and oxygen atoms in total. The Balaban J connectivity index is 1.88. The highest BCUT2D eigenvalue weighted by molar-refractivity contribution is 5.92. The van der Waals surface area contributed by atoms with Crippen molar-refractivity contribution in [3.8, 4) is 0 Å². The lowest BCUT2D eigenvalue weighted by Crippen LogP contribution is -2.44. The molecule has 1 unspecified atom stereocenters. The molecular weight excluding hydrogens is 283 g/mol. The van der Waals surface area contributed by atoms with Gasteiger partial charge >= 0.3 is 6.18 Å². The van der Waals surface area contributed by atoms with Crippen LogP contribution in [0.3, 0.4) is 0 Å². The Bertz CT molecular complexity index is 504. The van der Waals surface area contributed by atoms with Gasteiger partial charge in [0.15, 0.2) is 0 Å². The van der Waals surface area contributed by atoms with Crippen LogP contribution in [0.1, 0.15) is 12.8 Å². The maximum absolute atomic E-state index is 12.7. The lowest BCUT2D eigenvalue weighted by atomic mass is 9.97. The number of benzene rings is 1. The number of nitrogens with zero attached hydrogens (tertiary/aromatic N) is 1. The fourth-order valence-corrected chi connectivity index (χ4v) is 2.49. The number of alkyl halides is 3. The van der Waals surface area contributed by atoms with E-state index in [4.69, 9.17) is 5.73 Å². The molecule has 7 heteroatoms. The van der Waals surface area contributed by atoms with Gasteiger partial charge in [0.25, 0.3) is 0 Å². The highest BCUT2D eigenvalue weighted by atomic mass is 19.4. The lowest BCUT2D eigenvalue weighted by molar-refractivity contribution is -0.186. The molecule has 1 amide bonds. The molecule has 1 heterocycles. The van der Waals surface area contributed by atoms with Gasteiger partial charge in [0.1, 0.15) is 0 Å². The van der Waals surface area contributed by atoms with Gasteiger partial charge in [-0.15, -0.1) is 0 Å². The molecule has 0 saturated carbocycles. The van der Waals surface area contributed by atoms with Crippen molar-refractivity contribution in [2.45, 2.75) is 19.0 Å². The molecule has 1 fully saturated rings. The average molecular weight is 301 g/mol. The summed E-state index contributed by atoms with van der Waals surface area (Å²) in [4.78, 5) is 13.4. The third-order valence-corrected chi connectivity index (χ3v) is 3.51. The van der Waals surface area contributed by atoms with Crippen LogP contribution in [0.5, 0.6) is 0 Å². The van der Waals surface area contributed by atoms with Gasteiger partial charge < -0.3 is 11.1 Å². The molecule has 3 N–H and O–H groups in total.